The number of ketones is 1. The van der Waals surface area contributed by atoms with Crippen LogP contribution < -0.4 is 0 Å². The van der Waals surface area contributed by atoms with Crippen LogP contribution in [0.3, 0.4) is 0 Å². The number of hydrogen-bond acceptors (Lipinski definition) is 3. The maximum Gasteiger partial charge on any atom is 0.302 e. The number of carbonyl (C=O) groups is 2. The van der Waals surface area contributed by atoms with Gasteiger partial charge in [-0.25, -0.2) is 0 Å². The second kappa shape index (κ2) is 11.7. The van der Waals surface area contributed by atoms with E-state index in [0.717, 1.165) is 32.1 Å². The van der Waals surface area contributed by atoms with E-state index in [4.69, 9.17) is 4.74 Å². The smallest absolute Gasteiger partial charge is 0.302 e. The Morgan fingerprint density at radius 2 is 1.56 bits per heavy atom. The molecule has 0 bridgehead atoms. The highest BCUT2D eigenvalue weighted by Crippen LogP contribution is 2.12. The Kier molecular flexibility index (Phi) is 11.4. The number of Topliss-reactive ketones (excluding diaryl/α,β-unsaturated/α-hetero) is 1. The van der Waals surface area contributed by atoms with E-state index < -0.39 is 0 Å². The van der Waals surface area contributed by atoms with Crippen LogP contribution in [0.15, 0.2) is 0 Å². The highest BCUT2D eigenvalue weighted by Gasteiger charge is 2.09. The van der Waals surface area contributed by atoms with Crippen LogP contribution in [0.1, 0.15) is 65.2 Å². The standard InChI is InChI=1S/C14H25BrO3/c1-12(16)9-7-5-3-4-6-8-10-14(11-15)18-13(2)17/h14H,3-11H2,1-2H3/t14-/m1/s1. The van der Waals surface area contributed by atoms with Crippen molar-refractivity contribution in [1.82, 2.24) is 0 Å². The van der Waals surface area contributed by atoms with E-state index in [1.54, 1.807) is 6.92 Å². The average molecular weight is 321 g/mol. The summed E-state index contributed by atoms with van der Waals surface area (Å²) >= 11 is 3.35. The first-order valence-electron chi connectivity index (χ1n) is 6.79. The quantitative estimate of drug-likeness (QED) is 0.328. The van der Waals surface area contributed by atoms with E-state index in [9.17, 15) is 9.59 Å². The molecular formula is C14H25BrO3. The van der Waals surface area contributed by atoms with Crippen LogP contribution in [0.25, 0.3) is 0 Å². The molecule has 1 atom stereocenters. The minimum Gasteiger partial charge on any atom is -0.462 e. The second-order valence-electron chi connectivity index (χ2n) is 4.75. The highest BCUT2D eigenvalue weighted by atomic mass is 79.9. The first-order valence-corrected chi connectivity index (χ1v) is 7.91. The molecular weight excluding hydrogens is 296 g/mol. The Hall–Kier alpha value is -0.380. The molecule has 0 radical (unpaired) electrons. The highest BCUT2D eigenvalue weighted by molar-refractivity contribution is 9.09. The molecule has 0 aliphatic rings. The summed E-state index contributed by atoms with van der Waals surface area (Å²) in [6, 6.07) is 0. The molecule has 0 aliphatic carbocycles. The van der Waals surface area contributed by atoms with E-state index in [2.05, 4.69) is 15.9 Å². The third kappa shape index (κ3) is 12.1. The van der Waals surface area contributed by atoms with Gasteiger partial charge in [-0.2, -0.15) is 0 Å². The molecule has 3 nitrogen and oxygen atoms in total. The van der Waals surface area contributed by atoms with E-state index in [-0.39, 0.29) is 17.9 Å². The third-order valence-corrected chi connectivity index (χ3v) is 3.53. The predicted molar refractivity (Wildman–Crippen MR) is 77.0 cm³/mol. The number of carbonyl (C=O) groups excluding carboxylic acids is 2. The maximum atomic E-state index is 10.8. The topological polar surface area (TPSA) is 43.4 Å². The Morgan fingerprint density at radius 3 is 2.06 bits per heavy atom. The van der Waals surface area contributed by atoms with Crippen molar-refractivity contribution in [2.75, 3.05) is 5.33 Å². The fourth-order valence-corrected chi connectivity index (χ4v) is 2.31. The molecule has 0 N–H and O–H groups in total. The van der Waals surface area contributed by atoms with Crippen molar-refractivity contribution in [3.8, 4) is 0 Å². The molecule has 0 amide bonds. The Bertz CT molecular complexity index is 241. The molecule has 18 heavy (non-hydrogen) atoms. The summed E-state index contributed by atoms with van der Waals surface area (Å²) < 4.78 is 5.15. The summed E-state index contributed by atoms with van der Waals surface area (Å²) in [5.74, 6) is 0.0835. The summed E-state index contributed by atoms with van der Waals surface area (Å²) in [6.07, 6.45) is 8.49. The first kappa shape index (κ1) is 17.6. The van der Waals surface area contributed by atoms with Crippen LogP contribution in [0.2, 0.25) is 0 Å². The number of halogens is 1. The molecule has 0 saturated heterocycles. The Balaban J connectivity index is 3.33. The zero-order valence-electron chi connectivity index (χ0n) is 11.5. The third-order valence-electron chi connectivity index (χ3n) is 2.81. The van der Waals surface area contributed by atoms with E-state index >= 15 is 0 Å². The average Bonchev–Trinajstić information content (AvgIpc) is 2.30. The lowest BCUT2D eigenvalue weighted by Gasteiger charge is -2.13. The summed E-state index contributed by atoms with van der Waals surface area (Å²) in [4.78, 5) is 21.5. The van der Waals surface area contributed by atoms with Crippen molar-refractivity contribution < 1.29 is 14.3 Å². The van der Waals surface area contributed by atoms with Crippen molar-refractivity contribution in [2.45, 2.75) is 71.3 Å². The zero-order valence-corrected chi connectivity index (χ0v) is 13.1. The van der Waals surface area contributed by atoms with Gasteiger partial charge in [-0.15, -0.1) is 0 Å². The summed E-state index contributed by atoms with van der Waals surface area (Å²) in [5.41, 5.74) is 0. The van der Waals surface area contributed by atoms with Gasteiger partial charge in [0.25, 0.3) is 0 Å². The normalized spacial score (nSPS) is 12.2. The molecule has 0 aliphatic heterocycles. The van der Waals surface area contributed by atoms with Gasteiger partial charge in [0.15, 0.2) is 0 Å². The molecule has 4 heteroatoms. The number of ether oxygens (including phenoxy) is 1. The van der Waals surface area contributed by atoms with E-state index in [0.29, 0.717) is 5.33 Å². The molecule has 0 rings (SSSR count). The van der Waals surface area contributed by atoms with Crippen molar-refractivity contribution in [2.24, 2.45) is 0 Å². The molecule has 0 unspecified atom stereocenters. The van der Waals surface area contributed by atoms with Crippen molar-refractivity contribution in [3.63, 3.8) is 0 Å². The molecule has 0 aromatic carbocycles. The van der Waals surface area contributed by atoms with Gasteiger partial charge >= 0.3 is 5.97 Å². The Labute approximate surface area is 119 Å². The molecule has 0 fully saturated rings. The lowest BCUT2D eigenvalue weighted by atomic mass is 10.1. The second-order valence-corrected chi connectivity index (χ2v) is 5.40. The minimum absolute atomic E-state index is 0.0141. The first-order chi connectivity index (χ1) is 8.56. The molecule has 0 aromatic rings. The maximum absolute atomic E-state index is 10.8. The lowest BCUT2D eigenvalue weighted by molar-refractivity contribution is -0.145. The predicted octanol–water partition coefficient (Wildman–Crippen LogP) is 4.02. The SMILES string of the molecule is CC(=O)CCCCCCCC[C@H](CBr)OC(C)=O. The van der Waals surface area contributed by atoms with Crippen LogP contribution in [-0.2, 0) is 14.3 Å². The Morgan fingerprint density at radius 1 is 1.00 bits per heavy atom. The van der Waals surface area contributed by atoms with Crippen LogP contribution >= 0.6 is 15.9 Å². The fraction of sp³-hybridized carbons (Fsp3) is 0.857. The molecule has 0 aromatic heterocycles. The van der Waals surface area contributed by atoms with Crippen LogP contribution in [0.4, 0.5) is 0 Å². The monoisotopic (exact) mass is 320 g/mol. The number of alkyl halides is 1. The van der Waals surface area contributed by atoms with Gasteiger partial charge < -0.3 is 9.53 Å². The van der Waals surface area contributed by atoms with Gasteiger partial charge in [0.2, 0.25) is 0 Å². The minimum atomic E-state index is -0.205. The molecule has 0 heterocycles. The number of esters is 1. The van der Waals surface area contributed by atoms with Crippen LogP contribution in [-0.4, -0.2) is 23.2 Å². The number of rotatable bonds is 11. The summed E-state index contributed by atoms with van der Waals surface area (Å²) in [6.45, 7) is 3.10. The summed E-state index contributed by atoms with van der Waals surface area (Å²) in [5, 5.41) is 0.713. The van der Waals surface area contributed by atoms with E-state index in [1.807, 2.05) is 0 Å². The fourth-order valence-electron chi connectivity index (χ4n) is 1.86. The number of hydrogen-bond donors (Lipinski definition) is 0. The molecule has 0 spiro atoms. The summed E-state index contributed by atoms with van der Waals surface area (Å²) in [7, 11) is 0. The molecule has 106 valence electrons. The van der Waals surface area contributed by atoms with Gasteiger partial charge in [-0.05, 0) is 26.2 Å². The number of unbranched alkanes of at least 4 members (excludes halogenated alkanes) is 5. The van der Waals surface area contributed by atoms with Gasteiger partial charge in [0.1, 0.15) is 11.9 Å². The van der Waals surface area contributed by atoms with Crippen molar-refractivity contribution >= 4 is 27.7 Å². The van der Waals surface area contributed by atoms with Crippen molar-refractivity contribution in [3.05, 3.63) is 0 Å². The van der Waals surface area contributed by atoms with Gasteiger partial charge in [0.05, 0.1) is 0 Å². The van der Waals surface area contributed by atoms with Crippen molar-refractivity contribution in [1.29, 1.82) is 0 Å². The lowest BCUT2D eigenvalue weighted by Crippen LogP contribution is -2.17. The molecule has 0 saturated carbocycles. The van der Waals surface area contributed by atoms with E-state index in [1.165, 1.54) is 26.2 Å². The largest absolute Gasteiger partial charge is 0.462 e. The van der Waals surface area contributed by atoms with Gasteiger partial charge in [0, 0.05) is 18.7 Å². The zero-order chi connectivity index (χ0) is 13.8. The van der Waals surface area contributed by atoms with Crippen LogP contribution in [0.5, 0.6) is 0 Å². The van der Waals surface area contributed by atoms with Gasteiger partial charge in [-0.3, -0.25) is 4.79 Å². The van der Waals surface area contributed by atoms with Crippen LogP contribution in [0, 0.1) is 0 Å². The van der Waals surface area contributed by atoms with Gasteiger partial charge in [-0.1, -0.05) is 41.6 Å².